The molecule has 1 amide bonds. The summed E-state index contributed by atoms with van der Waals surface area (Å²) in [6.07, 6.45) is 0. The van der Waals surface area contributed by atoms with E-state index in [4.69, 9.17) is 0 Å². The molecule has 0 aromatic heterocycles. The monoisotopic (exact) mass is 446 g/mol. The van der Waals surface area contributed by atoms with Gasteiger partial charge in [-0.1, -0.05) is 39.8 Å². The third-order valence-electron chi connectivity index (χ3n) is 5.00. The Hall–Kier alpha value is -2.58. The minimum Gasteiger partial charge on any atom is -0.384 e. The van der Waals surface area contributed by atoms with Crippen molar-refractivity contribution in [2.45, 2.75) is 45.4 Å². The average molecular weight is 447 g/mol. The molecule has 0 heterocycles. The molecule has 0 atom stereocenters. The number of hydrogen-bond donors (Lipinski definition) is 3. The summed E-state index contributed by atoms with van der Waals surface area (Å²) < 4.78 is 27.1. The van der Waals surface area contributed by atoms with Gasteiger partial charge in [-0.05, 0) is 48.7 Å². The van der Waals surface area contributed by atoms with Crippen molar-refractivity contribution in [2.75, 3.05) is 42.1 Å². The van der Waals surface area contributed by atoms with E-state index in [9.17, 15) is 13.2 Å². The van der Waals surface area contributed by atoms with E-state index >= 15 is 0 Å². The molecule has 31 heavy (non-hydrogen) atoms. The second kappa shape index (κ2) is 11.2. The van der Waals surface area contributed by atoms with Crippen LogP contribution in [-0.2, 0) is 14.8 Å². The number of anilines is 3. The second-order valence-electron chi connectivity index (χ2n) is 7.51. The van der Waals surface area contributed by atoms with Gasteiger partial charge in [0.15, 0.2) is 0 Å². The van der Waals surface area contributed by atoms with E-state index in [2.05, 4.69) is 29.8 Å². The molecule has 2 aromatic rings. The van der Waals surface area contributed by atoms with E-state index in [0.717, 1.165) is 11.4 Å². The first-order chi connectivity index (χ1) is 14.7. The van der Waals surface area contributed by atoms with Crippen molar-refractivity contribution >= 4 is 33.0 Å². The zero-order valence-electron chi connectivity index (χ0n) is 19.0. The number of carbonyl (C=O) groups is 1. The fraction of sp³-hybridized carbons (Fsp3) is 0.435. The van der Waals surface area contributed by atoms with Crippen LogP contribution in [-0.4, -0.2) is 44.8 Å². The fourth-order valence-corrected chi connectivity index (χ4v) is 4.70. The van der Waals surface area contributed by atoms with Crippen LogP contribution in [0.5, 0.6) is 0 Å². The number of nitrogens with zero attached hydrogens (tertiary/aromatic N) is 1. The Balaban J connectivity index is 2.15. The smallest absolute Gasteiger partial charge is 0.243 e. The maximum Gasteiger partial charge on any atom is 0.243 e. The lowest BCUT2D eigenvalue weighted by Crippen LogP contribution is -2.30. The Morgan fingerprint density at radius 1 is 0.935 bits per heavy atom. The van der Waals surface area contributed by atoms with Crippen LogP contribution in [0.4, 0.5) is 17.1 Å². The van der Waals surface area contributed by atoms with E-state index in [1.54, 1.807) is 18.2 Å². The van der Waals surface area contributed by atoms with Crippen molar-refractivity contribution in [3.8, 4) is 0 Å². The summed E-state index contributed by atoms with van der Waals surface area (Å²) in [5, 5.41) is 9.14. The van der Waals surface area contributed by atoms with Gasteiger partial charge in [-0.15, -0.1) is 0 Å². The summed E-state index contributed by atoms with van der Waals surface area (Å²) in [7, 11) is -3.59. The summed E-state index contributed by atoms with van der Waals surface area (Å²) in [6.45, 7) is 11.3. The number of sulfonamides is 1. The lowest BCUT2D eigenvalue weighted by Gasteiger charge is -2.20. The molecule has 0 unspecified atom stereocenters. The highest BCUT2D eigenvalue weighted by molar-refractivity contribution is 7.89. The zero-order chi connectivity index (χ0) is 23.0. The SMILES string of the molecule is CCNc1ccc(S(=O)(=O)N(CC)CC)cc1NCC(=O)Nc1ccc(C(C)C)cc1. The summed E-state index contributed by atoms with van der Waals surface area (Å²) in [5.74, 6) is 0.215. The van der Waals surface area contributed by atoms with Gasteiger partial charge in [0, 0.05) is 25.3 Å². The Bertz CT molecular complexity index is 969. The van der Waals surface area contributed by atoms with Crippen LogP contribution in [0.2, 0.25) is 0 Å². The first-order valence-electron chi connectivity index (χ1n) is 10.7. The molecular formula is C23H34N4O3S. The Morgan fingerprint density at radius 3 is 2.13 bits per heavy atom. The van der Waals surface area contributed by atoms with Gasteiger partial charge in [-0.25, -0.2) is 8.42 Å². The minimum absolute atomic E-state index is 0.0130. The van der Waals surface area contributed by atoms with Crippen molar-refractivity contribution in [3.63, 3.8) is 0 Å². The van der Waals surface area contributed by atoms with Crippen molar-refractivity contribution in [2.24, 2.45) is 0 Å². The van der Waals surface area contributed by atoms with Crippen LogP contribution in [0, 0.1) is 0 Å². The average Bonchev–Trinajstić information content (AvgIpc) is 2.74. The van der Waals surface area contributed by atoms with Crippen molar-refractivity contribution in [1.29, 1.82) is 0 Å². The topological polar surface area (TPSA) is 90.5 Å². The summed E-state index contributed by atoms with van der Waals surface area (Å²) in [4.78, 5) is 12.6. The molecule has 7 nitrogen and oxygen atoms in total. The predicted octanol–water partition coefficient (Wildman–Crippen LogP) is 4.32. The molecular weight excluding hydrogens is 412 g/mol. The van der Waals surface area contributed by atoms with Crippen LogP contribution < -0.4 is 16.0 Å². The number of rotatable bonds is 11. The third kappa shape index (κ3) is 6.45. The van der Waals surface area contributed by atoms with Crippen LogP contribution in [0.3, 0.4) is 0 Å². The molecule has 0 radical (unpaired) electrons. The molecule has 2 aromatic carbocycles. The third-order valence-corrected chi connectivity index (χ3v) is 7.05. The molecule has 8 heteroatoms. The number of benzene rings is 2. The number of amides is 1. The molecule has 0 spiro atoms. The molecule has 0 aliphatic rings. The first-order valence-corrected chi connectivity index (χ1v) is 12.2. The molecule has 0 aliphatic carbocycles. The van der Waals surface area contributed by atoms with Gasteiger partial charge in [0.2, 0.25) is 15.9 Å². The van der Waals surface area contributed by atoms with Crippen molar-refractivity contribution < 1.29 is 13.2 Å². The Labute approximate surface area is 186 Å². The minimum atomic E-state index is -3.59. The van der Waals surface area contributed by atoms with Gasteiger partial charge in [-0.3, -0.25) is 4.79 Å². The number of hydrogen-bond acceptors (Lipinski definition) is 5. The van der Waals surface area contributed by atoms with Gasteiger partial charge in [0.1, 0.15) is 0 Å². The Morgan fingerprint density at radius 2 is 1.58 bits per heavy atom. The fourth-order valence-electron chi connectivity index (χ4n) is 3.22. The van der Waals surface area contributed by atoms with Crippen LogP contribution in [0.1, 0.15) is 46.1 Å². The standard InChI is InChI=1S/C23H34N4O3S/c1-6-24-21-14-13-20(31(29,30)27(7-2)8-3)15-22(21)25-16-23(28)26-19-11-9-18(10-12-19)17(4)5/h9-15,17,24-25H,6-8,16H2,1-5H3,(H,26,28). The highest BCUT2D eigenvalue weighted by Gasteiger charge is 2.22. The van der Waals surface area contributed by atoms with Gasteiger partial charge < -0.3 is 16.0 Å². The van der Waals surface area contributed by atoms with E-state index in [1.165, 1.54) is 9.87 Å². The van der Waals surface area contributed by atoms with Gasteiger partial charge in [0.05, 0.1) is 22.8 Å². The van der Waals surface area contributed by atoms with Crippen molar-refractivity contribution in [1.82, 2.24) is 4.31 Å². The molecule has 170 valence electrons. The van der Waals surface area contributed by atoms with Gasteiger partial charge in [0.25, 0.3) is 0 Å². The highest BCUT2D eigenvalue weighted by Crippen LogP contribution is 2.27. The van der Waals surface area contributed by atoms with E-state index in [-0.39, 0.29) is 17.3 Å². The molecule has 0 saturated heterocycles. The zero-order valence-corrected chi connectivity index (χ0v) is 19.8. The second-order valence-corrected chi connectivity index (χ2v) is 9.44. The molecule has 0 aliphatic heterocycles. The molecule has 0 bridgehead atoms. The van der Waals surface area contributed by atoms with E-state index in [1.807, 2.05) is 45.0 Å². The summed E-state index contributed by atoms with van der Waals surface area (Å²) >= 11 is 0. The maximum absolute atomic E-state index is 12.9. The highest BCUT2D eigenvalue weighted by atomic mass is 32.2. The quantitative estimate of drug-likeness (QED) is 0.478. The van der Waals surface area contributed by atoms with Crippen LogP contribution in [0.15, 0.2) is 47.4 Å². The van der Waals surface area contributed by atoms with Crippen molar-refractivity contribution in [3.05, 3.63) is 48.0 Å². The van der Waals surface area contributed by atoms with Crippen LogP contribution in [0.25, 0.3) is 0 Å². The van der Waals surface area contributed by atoms with Gasteiger partial charge in [-0.2, -0.15) is 4.31 Å². The number of carbonyl (C=O) groups excluding carboxylic acids is 1. The predicted molar refractivity (Wildman–Crippen MR) is 128 cm³/mol. The van der Waals surface area contributed by atoms with E-state index in [0.29, 0.717) is 31.2 Å². The maximum atomic E-state index is 12.9. The largest absolute Gasteiger partial charge is 0.384 e. The molecule has 3 N–H and O–H groups in total. The normalized spacial score (nSPS) is 11.6. The number of nitrogens with one attached hydrogen (secondary N) is 3. The lowest BCUT2D eigenvalue weighted by atomic mass is 10.0. The summed E-state index contributed by atoms with van der Waals surface area (Å²) in [5.41, 5.74) is 3.24. The molecule has 0 saturated carbocycles. The Kier molecular flexibility index (Phi) is 8.88. The van der Waals surface area contributed by atoms with E-state index < -0.39 is 10.0 Å². The van der Waals surface area contributed by atoms with Crippen LogP contribution >= 0.6 is 0 Å². The van der Waals surface area contributed by atoms with Gasteiger partial charge >= 0.3 is 0 Å². The molecule has 2 rings (SSSR count). The lowest BCUT2D eigenvalue weighted by molar-refractivity contribution is -0.114. The summed E-state index contributed by atoms with van der Waals surface area (Å²) in [6, 6.07) is 12.7. The first kappa shape index (κ1) is 24.7. The molecule has 0 fully saturated rings.